The predicted octanol–water partition coefficient (Wildman–Crippen LogP) is 3.49. The van der Waals surface area contributed by atoms with Gasteiger partial charge in [-0.05, 0) is 37.1 Å². The van der Waals surface area contributed by atoms with Crippen molar-refractivity contribution < 1.29 is 9.84 Å². The summed E-state index contributed by atoms with van der Waals surface area (Å²) in [5.74, 6) is 1.53. The molecule has 0 unspecified atom stereocenters. The molecule has 0 aliphatic carbocycles. The summed E-state index contributed by atoms with van der Waals surface area (Å²) in [6, 6.07) is 11.5. The summed E-state index contributed by atoms with van der Waals surface area (Å²) < 4.78 is 5.79. The van der Waals surface area contributed by atoms with E-state index in [-0.39, 0.29) is 0 Å². The average molecular weight is 243 g/mol. The van der Waals surface area contributed by atoms with Crippen LogP contribution in [0.2, 0.25) is 0 Å². The molecular formula is C15H17NO2. The monoisotopic (exact) mass is 243 g/mol. The van der Waals surface area contributed by atoms with Crippen LogP contribution in [0.1, 0.15) is 31.2 Å². The zero-order valence-corrected chi connectivity index (χ0v) is 10.6. The van der Waals surface area contributed by atoms with E-state index in [1.165, 1.54) is 0 Å². The lowest BCUT2D eigenvalue weighted by Gasteiger charge is -2.10. The maximum atomic E-state index is 9.38. The molecule has 18 heavy (non-hydrogen) atoms. The molecule has 1 aromatic carbocycles. The van der Waals surface area contributed by atoms with Gasteiger partial charge < -0.3 is 9.84 Å². The molecule has 94 valence electrons. The third-order valence-electron chi connectivity index (χ3n) is 2.77. The van der Waals surface area contributed by atoms with Crippen LogP contribution in [-0.2, 0) is 6.42 Å². The minimum Gasteiger partial charge on any atom is -0.455 e. The van der Waals surface area contributed by atoms with E-state index >= 15 is 0 Å². The van der Waals surface area contributed by atoms with E-state index in [1.54, 1.807) is 19.2 Å². The van der Waals surface area contributed by atoms with Crippen LogP contribution in [0, 0.1) is 0 Å². The Morgan fingerprint density at radius 2 is 2.00 bits per heavy atom. The molecule has 0 spiro atoms. The van der Waals surface area contributed by atoms with Crippen LogP contribution in [0.15, 0.2) is 42.6 Å². The second-order valence-electron chi connectivity index (χ2n) is 4.16. The molecule has 0 saturated carbocycles. The van der Waals surface area contributed by atoms with Crippen molar-refractivity contribution in [1.82, 2.24) is 4.98 Å². The molecule has 3 nitrogen and oxygen atoms in total. The summed E-state index contributed by atoms with van der Waals surface area (Å²) >= 11 is 0. The van der Waals surface area contributed by atoms with Crippen LogP contribution < -0.4 is 4.74 Å². The Labute approximate surface area is 107 Å². The smallest absolute Gasteiger partial charge is 0.145 e. The Morgan fingerprint density at radius 3 is 2.61 bits per heavy atom. The maximum absolute atomic E-state index is 9.38. The molecule has 0 aliphatic rings. The molecular weight excluding hydrogens is 226 g/mol. The standard InChI is InChI=1S/C15H17NO2/c1-3-12-6-4-5-7-15(12)18-13-8-9-14(11(2)17)16-10-13/h4-11,17H,3H2,1-2H3/t11-/m1/s1. The Balaban J connectivity index is 2.18. The van der Waals surface area contributed by atoms with Gasteiger partial charge in [-0.1, -0.05) is 25.1 Å². The third-order valence-corrected chi connectivity index (χ3v) is 2.77. The topological polar surface area (TPSA) is 42.4 Å². The highest BCUT2D eigenvalue weighted by Gasteiger charge is 2.05. The van der Waals surface area contributed by atoms with Gasteiger partial charge in [-0.3, -0.25) is 4.98 Å². The van der Waals surface area contributed by atoms with Crippen molar-refractivity contribution in [3.8, 4) is 11.5 Å². The fraction of sp³-hybridized carbons (Fsp3) is 0.267. The number of hydrogen-bond donors (Lipinski definition) is 1. The largest absolute Gasteiger partial charge is 0.455 e. The molecule has 1 heterocycles. The van der Waals surface area contributed by atoms with E-state index in [0.717, 1.165) is 17.7 Å². The average Bonchev–Trinajstić information content (AvgIpc) is 2.40. The number of aliphatic hydroxyl groups is 1. The van der Waals surface area contributed by atoms with Crippen molar-refractivity contribution >= 4 is 0 Å². The zero-order chi connectivity index (χ0) is 13.0. The fourth-order valence-electron chi connectivity index (χ4n) is 1.72. The fourth-order valence-corrected chi connectivity index (χ4v) is 1.72. The van der Waals surface area contributed by atoms with Gasteiger partial charge in [-0.15, -0.1) is 0 Å². The molecule has 0 amide bonds. The molecule has 1 atom stereocenters. The minimum atomic E-state index is -0.554. The maximum Gasteiger partial charge on any atom is 0.145 e. The second kappa shape index (κ2) is 5.65. The summed E-state index contributed by atoms with van der Waals surface area (Å²) in [5.41, 5.74) is 1.81. The van der Waals surface area contributed by atoms with Crippen molar-refractivity contribution in [1.29, 1.82) is 0 Å². The molecule has 2 aromatic rings. The third kappa shape index (κ3) is 2.87. The van der Waals surface area contributed by atoms with Gasteiger partial charge >= 0.3 is 0 Å². The van der Waals surface area contributed by atoms with Crippen molar-refractivity contribution in [3.05, 3.63) is 53.9 Å². The molecule has 0 bridgehead atoms. The summed E-state index contributed by atoms with van der Waals surface area (Å²) in [5, 5.41) is 9.38. The van der Waals surface area contributed by atoms with Crippen LogP contribution >= 0.6 is 0 Å². The second-order valence-corrected chi connectivity index (χ2v) is 4.16. The first-order valence-corrected chi connectivity index (χ1v) is 6.10. The van der Waals surface area contributed by atoms with Gasteiger partial charge in [0.25, 0.3) is 0 Å². The minimum absolute atomic E-state index is 0.554. The normalized spacial score (nSPS) is 12.2. The number of hydrogen-bond acceptors (Lipinski definition) is 3. The number of nitrogens with zero attached hydrogens (tertiary/aromatic N) is 1. The molecule has 1 aromatic heterocycles. The first-order valence-electron chi connectivity index (χ1n) is 6.10. The Kier molecular flexibility index (Phi) is 3.95. The van der Waals surface area contributed by atoms with E-state index in [2.05, 4.69) is 11.9 Å². The van der Waals surface area contributed by atoms with Gasteiger partial charge in [0.05, 0.1) is 18.0 Å². The van der Waals surface area contributed by atoms with Gasteiger partial charge in [0.1, 0.15) is 11.5 Å². The Morgan fingerprint density at radius 1 is 1.22 bits per heavy atom. The van der Waals surface area contributed by atoms with Crippen molar-refractivity contribution in [3.63, 3.8) is 0 Å². The lowest BCUT2D eigenvalue weighted by atomic mass is 10.1. The first kappa shape index (κ1) is 12.6. The summed E-state index contributed by atoms with van der Waals surface area (Å²) in [6.45, 7) is 3.78. The molecule has 2 rings (SSSR count). The summed E-state index contributed by atoms with van der Waals surface area (Å²) in [7, 11) is 0. The SMILES string of the molecule is CCc1ccccc1Oc1ccc([C@@H](C)O)nc1. The lowest BCUT2D eigenvalue weighted by molar-refractivity contribution is 0.194. The molecule has 0 saturated heterocycles. The van der Waals surface area contributed by atoms with E-state index in [0.29, 0.717) is 11.4 Å². The van der Waals surface area contributed by atoms with Gasteiger partial charge in [0.15, 0.2) is 0 Å². The van der Waals surface area contributed by atoms with Crippen LogP contribution in [0.4, 0.5) is 0 Å². The number of para-hydroxylation sites is 1. The zero-order valence-electron chi connectivity index (χ0n) is 10.6. The Hall–Kier alpha value is -1.87. The van der Waals surface area contributed by atoms with Crippen molar-refractivity contribution in [2.75, 3.05) is 0 Å². The first-order chi connectivity index (χ1) is 8.70. The molecule has 3 heteroatoms. The lowest BCUT2D eigenvalue weighted by Crippen LogP contribution is -1.96. The van der Waals surface area contributed by atoms with E-state index in [1.807, 2.05) is 30.3 Å². The summed E-state index contributed by atoms with van der Waals surface area (Å²) in [6.07, 6.45) is 2.01. The van der Waals surface area contributed by atoms with Crippen molar-refractivity contribution in [2.24, 2.45) is 0 Å². The number of benzene rings is 1. The summed E-state index contributed by atoms with van der Waals surface area (Å²) in [4.78, 5) is 4.15. The number of aryl methyl sites for hydroxylation is 1. The van der Waals surface area contributed by atoms with Gasteiger partial charge in [-0.2, -0.15) is 0 Å². The van der Waals surface area contributed by atoms with Crippen molar-refractivity contribution in [2.45, 2.75) is 26.4 Å². The van der Waals surface area contributed by atoms with E-state index in [4.69, 9.17) is 4.74 Å². The highest BCUT2D eigenvalue weighted by atomic mass is 16.5. The number of aliphatic hydroxyl groups excluding tert-OH is 1. The highest BCUT2D eigenvalue weighted by molar-refractivity contribution is 5.37. The van der Waals surface area contributed by atoms with Crippen LogP contribution in [0.3, 0.4) is 0 Å². The van der Waals surface area contributed by atoms with Crippen LogP contribution in [-0.4, -0.2) is 10.1 Å². The van der Waals surface area contributed by atoms with E-state index < -0.39 is 6.10 Å². The highest BCUT2D eigenvalue weighted by Crippen LogP contribution is 2.25. The van der Waals surface area contributed by atoms with Crippen LogP contribution in [0.5, 0.6) is 11.5 Å². The Bertz CT molecular complexity index is 506. The predicted molar refractivity (Wildman–Crippen MR) is 70.8 cm³/mol. The number of aromatic nitrogens is 1. The number of pyridine rings is 1. The molecule has 1 N–H and O–H groups in total. The number of rotatable bonds is 4. The van der Waals surface area contributed by atoms with Crippen LogP contribution in [0.25, 0.3) is 0 Å². The van der Waals surface area contributed by atoms with Gasteiger partial charge in [0, 0.05) is 0 Å². The van der Waals surface area contributed by atoms with E-state index in [9.17, 15) is 5.11 Å². The van der Waals surface area contributed by atoms with Gasteiger partial charge in [-0.25, -0.2) is 0 Å². The van der Waals surface area contributed by atoms with Gasteiger partial charge in [0.2, 0.25) is 0 Å². The molecule has 0 radical (unpaired) electrons. The molecule has 0 aliphatic heterocycles. The number of ether oxygens (including phenoxy) is 1. The quantitative estimate of drug-likeness (QED) is 0.893. The molecule has 0 fully saturated rings.